The zero-order valence-corrected chi connectivity index (χ0v) is 13.6. The first-order valence-electron chi connectivity index (χ1n) is 7.20. The molecule has 0 fully saturated rings. The fourth-order valence-electron chi connectivity index (χ4n) is 2.10. The highest BCUT2D eigenvalue weighted by Crippen LogP contribution is 2.27. The molecule has 5 nitrogen and oxygen atoms in total. The number of carbonyl (C=O) groups is 2. The first kappa shape index (κ1) is 17.1. The lowest BCUT2D eigenvalue weighted by Gasteiger charge is -2.18. The minimum Gasteiger partial charge on any atom is -0.462 e. The molecular weight excluding hydrogens is 270 g/mol. The van der Waals surface area contributed by atoms with Crippen molar-refractivity contribution in [1.82, 2.24) is 4.98 Å². The zero-order chi connectivity index (χ0) is 16.2. The second-order valence-corrected chi connectivity index (χ2v) is 5.05. The third kappa shape index (κ3) is 3.60. The van der Waals surface area contributed by atoms with Crippen LogP contribution < -0.4 is 0 Å². The van der Waals surface area contributed by atoms with E-state index in [4.69, 9.17) is 9.47 Å². The average molecular weight is 293 g/mol. The Bertz CT molecular complexity index is 550. The van der Waals surface area contributed by atoms with Crippen LogP contribution in [0.2, 0.25) is 0 Å². The summed E-state index contributed by atoms with van der Waals surface area (Å²) in [7, 11) is 0. The fourth-order valence-corrected chi connectivity index (χ4v) is 2.10. The summed E-state index contributed by atoms with van der Waals surface area (Å²) in [6, 6.07) is 0. The number of carbonyl (C=O) groups excluding carboxylic acids is 2. The molecule has 0 aromatic carbocycles. The Hall–Kier alpha value is -1.91. The van der Waals surface area contributed by atoms with Crippen LogP contribution in [0.4, 0.5) is 0 Å². The van der Waals surface area contributed by atoms with E-state index in [1.54, 1.807) is 20.8 Å². The molecule has 1 rings (SSSR count). The van der Waals surface area contributed by atoms with Crippen LogP contribution in [-0.4, -0.2) is 30.1 Å². The van der Waals surface area contributed by atoms with E-state index in [1.807, 2.05) is 20.8 Å². The predicted molar refractivity (Wildman–Crippen MR) is 79.7 cm³/mol. The predicted octanol–water partition coefficient (Wildman–Crippen LogP) is 3.18. The molecular formula is C16H23NO4. The summed E-state index contributed by atoms with van der Waals surface area (Å²) < 4.78 is 10.2. The normalized spacial score (nSPS) is 10.6. The van der Waals surface area contributed by atoms with Crippen molar-refractivity contribution in [3.8, 4) is 0 Å². The summed E-state index contributed by atoms with van der Waals surface area (Å²) in [6.45, 7) is 11.4. The van der Waals surface area contributed by atoms with Crippen LogP contribution in [0.15, 0.2) is 0 Å². The van der Waals surface area contributed by atoms with Gasteiger partial charge in [0, 0.05) is 5.69 Å². The molecule has 0 aliphatic carbocycles. The summed E-state index contributed by atoms with van der Waals surface area (Å²) in [5, 5.41) is 0. The van der Waals surface area contributed by atoms with Gasteiger partial charge >= 0.3 is 11.9 Å². The van der Waals surface area contributed by atoms with Crippen LogP contribution >= 0.6 is 0 Å². The second-order valence-electron chi connectivity index (χ2n) is 5.05. The highest BCUT2D eigenvalue weighted by atomic mass is 16.5. The second kappa shape index (κ2) is 7.20. The lowest BCUT2D eigenvalue weighted by atomic mass is 9.94. The van der Waals surface area contributed by atoms with Gasteiger partial charge in [-0.3, -0.25) is 4.98 Å². The van der Waals surface area contributed by atoms with E-state index in [9.17, 15) is 9.59 Å². The van der Waals surface area contributed by atoms with Gasteiger partial charge in [-0.2, -0.15) is 0 Å². The van der Waals surface area contributed by atoms with E-state index < -0.39 is 11.9 Å². The number of hydrogen-bond donors (Lipinski definition) is 0. The van der Waals surface area contributed by atoms with Crippen molar-refractivity contribution >= 4 is 11.9 Å². The molecule has 0 saturated carbocycles. The Balaban J connectivity index is 3.63. The molecule has 0 aliphatic heterocycles. The minimum absolute atomic E-state index is 0.00289. The van der Waals surface area contributed by atoms with Crippen LogP contribution in [0.5, 0.6) is 0 Å². The maximum atomic E-state index is 12.3. The number of hydrogen-bond acceptors (Lipinski definition) is 5. The lowest BCUT2D eigenvalue weighted by Crippen LogP contribution is -2.21. The molecule has 0 aliphatic rings. The molecule has 1 aromatic rings. The van der Waals surface area contributed by atoms with Crippen LogP contribution in [0.25, 0.3) is 0 Å². The number of rotatable bonds is 5. The van der Waals surface area contributed by atoms with E-state index in [2.05, 4.69) is 4.98 Å². The highest BCUT2D eigenvalue weighted by molar-refractivity contribution is 6.05. The molecule has 0 spiro atoms. The highest BCUT2D eigenvalue weighted by Gasteiger charge is 2.28. The van der Waals surface area contributed by atoms with Crippen molar-refractivity contribution in [2.75, 3.05) is 13.2 Å². The van der Waals surface area contributed by atoms with E-state index in [0.29, 0.717) is 11.3 Å². The summed E-state index contributed by atoms with van der Waals surface area (Å²) >= 11 is 0. The quantitative estimate of drug-likeness (QED) is 0.780. The van der Waals surface area contributed by atoms with E-state index in [1.165, 1.54) is 0 Å². The Morgan fingerprint density at radius 1 is 1.00 bits per heavy atom. The number of aryl methyl sites for hydroxylation is 1. The van der Waals surface area contributed by atoms with Crippen molar-refractivity contribution in [1.29, 1.82) is 0 Å². The Morgan fingerprint density at radius 3 is 1.90 bits per heavy atom. The Kier molecular flexibility index (Phi) is 5.88. The first-order chi connectivity index (χ1) is 9.84. The number of ether oxygens (including phenoxy) is 2. The van der Waals surface area contributed by atoms with E-state index >= 15 is 0 Å². The van der Waals surface area contributed by atoms with Gasteiger partial charge in [-0.1, -0.05) is 13.8 Å². The van der Waals surface area contributed by atoms with Gasteiger partial charge in [0.05, 0.1) is 30.0 Å². The molecule has 0 radical (unpaired) electrons. The van der Waals surface area contributed by atoms with Crippen LogP contribution in [-0.2, 0) is 9.47 Å². The van der Waals surface area contributed by atoms with Gasteiger partial charge in [-0.05, 0) is 39.2 Å². The van der Waals surface area contributed by atoms with E-state index in [0.717, 1.165) is 5.69 Å². The smallest absolute Gasteiger partial charge is 0.340 e. The number of pyridine rings is 1. The van der Waals surface area contributed by atoms with E-state index in [-0.39, 0.29) is 30.3 Å². The zero-order valence-electron chi connectivity index (χ0n) is 13.6. The molecule has 0 unspecified atom stereocenters. The topological polar surface area (TPSA) is 65.5 Å². The van der Waals surface area contributed by atoms with Crippen LogP contribution in [0, 0.1) is 13.8 Å². The minimum atomic E-state index is -0.528. The van der Waals surface area contributed by atoms with Crippen molar-refractivity contribution in [3.63, 3.8) is 0 Å². The molecule has 0 saturated heterocycles. The van der Waals surface area contributed by atoms with Crippen molar-refractivity contribution < 1.29 is 19.1 Å². The molecule has 0 atom stereocenters. The molecule has 1 heterocycles. The molecule has 0 amide bonds. The van der Waals surface area contributed by atoms with Gasteiger partial charge < -0.3 is 9.47 Å². The molecule has 0 bridgehead atoms. The molecule has 1 aromatic heterocycles. The molecule has 21 heavy (non-hydrogen) atoms. The maximum absolute atomic E-state index is 12.3. The van der Waals surface area contributed by atoms with Gasteiger partial charge in [0.2, 0.25) is 0 Å². The standard InChI is InChI=1S/C16H23NO4/c1-7-20-15(18)12-10(5)11(6)17-14(9(3)4)13(12)16(19)21-8-2/h9H,7-8H2,1-6H3. The number of esters is 2. The Labute approximate surface area is 125 Å². The lowest BCUT2D eigenvalue weighted by molar-refractivity contribution is 0.0475. The number of nitrogens with zero attached hydrogens (tertiary/aromatic N) is 1. The summed E-state index contributed by atoms with van der Waals surface area (Å²) in [6.07, 6.45) is 0. The fraction of sp³-hybridized carbons (Fsp3) is 0.562. The molecule has 116 valence electrons. The monoisotopic (exact) mass is 293 g/mol. The van der Waals surface area contributed by atoms with Crippen molar-refractivity contribution in [2.24, 2.45) is 0 Å². The largest absolute Gasteiger partial charge is 0.462 e. The van der Waals surface area contributed by atoms with Gasteiger partial charge in [-0.25, -0.2) is 9.59 Å². The third-order valence-electron chi connectivity index (χ3n) is 3.22. The van der Waals surface area contributed by atoms with Gasteiger partial charge in [0.1, 0.15) is 0 Å². The van der Waals surface area contributed by atoms with Crippen molar-refractivity contribution in [3.05, 3.63) is 28.1 Å². The van der Waals surface area contributed by atoms with Crippen LogP contribution in [0.1, 0.15) is 71.3 Å². The SMILES string of the molecule is CCOC(=O)c1c(C(C)C)nc(C)c(C)c1C(=O)OCC. The third-order valence-corrected chi connectivity index (χ3v) is 3.22. The molecule has 5 heteroatoms. The number of aromatic nitrogens is 1. The summed E-state index contributed by atoms with van der Waals surface area (Å²) in [5.74, 6) is -1.04. The molecule has 0 N–H and O–H groups in total. The summed E-state index contributed by atoms with van der Waals surface area (Å²) in [5.41, 5.74) is 2.44. The first-order valence-corrected chi connectivity index (χ1v) is 7.20. The van der Waals surface area contributed by atoms with Crippen molar-refractivity contribution in [2.45, 2.75) is 47.5 Å². The average Bonchev–Trinajstić information content (AvgIpc) is 2.41. The maximum Gasteiger partial charge on any atom is 0.340 e. The van der Waals surface area contributed by atoms with Gasteiger partial charge in [0.25, 0.3) is 0 Å². The summed E-state index contributed by atoms with van der Waals surface area (Å²) in [4.78, 5) is 29.0. The Morgan fingerprint density at radius 2 is 1.48 bits per heavy atom. The van der Waals surface area contributed by atoms with Gasteiger partial charge in [0.15, 0.2) is 0 Å². The van der Waals surface area contributed by atoms with Gasteiger partial charge in [-0.15, -0.1) is 0 Å². The van der Waals surface area contributed by atoms with Crippen LogP contribution in [0.3, 0.4) is 0 Å².